The molecule has 13 nitrogen and oxygen atoms in total. The standard InChI is InChI=1S/C36H38BrFN8O5/c1-19(47)32-24-11-22(23-15-39-20(2)40-16-23)10-21-8-6-4-5-7-9-29(48)41-18-36-13-25(35(50)43-28-12-26(51-3)31(38)34(37)42-28)46(27(36)14-36)30(49)17-45(44-32)33(21)24/h10-12,15-16,25,27H,4-9,13-14,17-18H2,1-3H3,(H,41,48)(H,42,43,50)/t25-,27+,36-/m0/s1. The number of methoxy groups -OCH3 is 1. The lowest BCUT2D eigenvalue weighted by atomic mass is 9.96. The van der Waals surface area contributed by atoms with Crippen molar-refractivity contribution in [2.75, 3.05) is 19.0 Å². The Morgan fingerprint density at radius 1 is 1.06 bits per heavy atom. The Labute approximate surface area is 301 Å². The van der Waals surface area contributed by atoms with Crippen LogP contribution in [0.3, 0.4) is 0 Å². The molecular weight excluding hydrogens is 723 g/mol. The van der Waals surface area contributed by atoms with Gasteiger partial charge in [-0.15, -0.1) is 0 Å². The van der Waals surface area contributed by atoms with Crippen LogP contribution in [0.25, 0.3) is 22.0 Å². The van der Waals surface area contributed by atoms with Gasteiger partial charge in [-0.25, -0.2) is 15.0 Å². The molecule has 2 N–H and O–H groups in total. The first-order valence-electron chi connectivity index (χ1n) is 17.1. The number of anilines is 1. The smallest absolute Gasteiger partial charge is 0.248 e. The van der Waals surface area contributed by atoms with Crippen LogP contribution in [0.1, 0.15) is 73.7 Å². The molecule has 1 aliphatic carbocycles. The number of ketones is 1. The summed E-state index contributed by atoms with van der Waals surface area (Å²) in [6, 6.07) is 4.03. The molecule has 3 amide bonds. The largest absolute Gasteiger partial charge is 0.493 e. The summed E-state index contributed by atoms with van der Waals surface area (Å²) in [5, 5.41) is 11.1. The summed E-state index contributed by atoms with van der Waals surface area (Å²) in [4.78, 5) is 68.6. The summed E-state index contributed by atoms with van der Waals surface area (Å²) >= 11 is 3.07. The Morgan fingerprint density at radius 2 is 1.80 bits per heavy atom. The molecule has 1 saturated heterocycles. The van der Waals surface area contributed by atoms with Gasteiger partial charge < -0.3 is 20.3 Å². The maximum absolute atomic E-state index is 14.4. The number of nitrogens with one attached hydrogen (secondary N) is 2. The molecule has 2 fully saturated rings. The van der Waals surface area contributed by atoms with E-state index < -0.39 is 23.2 Å². The van der Waals surface area contributed by atoms with Gasteiger partial charge >= 0.3 is 0 Å². The van der Waals surface area contributed by atoms with Crippen molar-refractivity contribution in [1.82, 2.24) is 34.9 Å². The zero-order chi connectivity index (χ0) is 36.0. The first kappa shape index (κ1) is 34.6. The molecular formula is C36H38BrFN8O5. The zero-order valence-electron chi connectivity index (χ0n) is 28.6. The fourth-order valence-corrected chi connectivity index (χ4v) is 7.96. The van der Waals surface area contributed by atoms with Crippen LogP contribution in [0.4, 0.5) is 10.2 Å². The molecule has 2 bridgehead atoms. The van der Waals surface area contributed by atoms with Gasteiger partial charge in [-0.05, 0) is 78.2 Å². The number of carbonyl (C=O) groups is 4. The molecule has 266 valence electrons. The van der Waals surface area contributed by atoms with Crippen molar-refractivity contribution in [3.63, 3.8) is 0 Å². The topological polar surface area (TPSA) is 161 Å². The van der Waals surface area contributed by atoms with E-state index in [0.29, 0.717) is 49.0 Å². The number of ether oxygens (including phenoxy) is 1. The fraction of sp³-hybridized carbons (Fsp3) is 0.444. The van der Waals surface area contributed by atoms with Crippen molar-refractivity contribution >= 4 is 56.2 Å². The Balaban J connectivity index is 1.28. The maximum atomic E-state index is 14.4. The predicted molar refractivity (Wildman–Crippen MR) is 188 cm³/mol. The summed E-state index contributed by atoms with van der Waals surface area (Å²) in [6.45, 7) is 3.40. The van der Waals surface area contributed by atoms with Crippen LogP contribution in [0.15, 0.2) is 35.2 Å². The van der Waals surface area contributed by atoms with Crippen molar-refractivity contribution in [3.05, 3.63) is 58.1 Å². The van der Waals surface area contributed by atoms with Crippen LogP contribution < -0.4 is 15.4 Å². The van der Waals surface area contributed by atoms with E-state index in [1.165, 1.54) is 20.1 Å². The van der Waals surface area contributed by atoms with Crippen molar-refractivity contribution < 1.29 is 28.3 Å². The number of halogens is 2. The molecule has 0 unspecified atom stereocenters. The number of Topliss-reactive ketones (excluding diaryl/α,β-unsaturated/α-hetero) is 1. The summed E-state index contributed by atoms with van der Waals surface area (Å²) in [5.41, 5.74) is 3.04. The van der Waals surface area contributed by atoms with E-state index in [2.05, 4.69) is 41.5 Å². The monoisotopic (exact) mass is 760 g/mol. The third-order valence-electron chi connectivity index (χ3n) is 10.3. The van der Waals surface area contributed by atoms with E-state index in [0.717, 1.165) is 42.4 Å². The van der Waals surface area contributed by atoms with Crippen LogP contribution in [0.5, 0.6) is 5.75 Å². The zero-order valence-corrected chi connectivity index (χ0v) is 30.2. The van der Waals surface area contributed by atoms with Gasteiger partial charge in [0.05, 0.1) is 12.6 Å². The molecule has 3 aromatic heterocycles. The van der Waals surface area contributed by atoms with Gasteiger partial charge in [0.25, 0.3) is 0 Å². The van der Waals surface area contributed by atoms with Crippen molar-refractivity contribution in [3.8, 4) is 16.9 Å². The SMILES string of the molecule is COc1cc(NC(=O)[C@@H]2C[C@]34CNC(=O)CCCCCCc5cc(-c6cnc(C)nc6)cc6c(C(C)=O)nn(c56)CC(=O)N2[C@@H]3C4)nc(Br)c1F. The molecule has 1 aromatic carbocycles. The van der Waals surface area contributed by atoms with Gasteiger partial charge in [-0.1, -0.05) is 12.8 Å². The fourth-order valence-electron chi connectivity index (χ4n) is 7.57. The van der Waals surface area contributed by atoms with Gasteiger partial charge in [0, 0.05) is 60.8 Å². The summed E-state index contributed by atoms with van der Waals surface area (Å²) < 4.78 is 21.0. The van der Waals surface area contributed by atoms with Gasteiger partial charge in [0.15, 0.2) is 17.3 Å². The lowest BCUT2D eigenvalue weighted by Gasteiger charge is -2.27. The van der Waals surface area contributed by atoms with E-state index in [1.54, 1.807) is 22.0 Å². The van der Waals surface area contributed by atoms with Gasteiger partial charge in [0.2, 0.25) is 17.7 Å². The van der Waals surface area contributed by atoms with Crippen LogP contribution in [0, 0.1) is 18.2 Å². The van der Waals surface area contributed by atoms with Crippen LogP contribution in [-0.2, 0) is 27.3 Å². The van der Waals surface area contributed by atoms with Gasteiger partial charge in [0.1, 0.15) is 34.5 Å². The summed E-state index contributed by atoms with van der Waals surface area (Å²) in [5.74, 6) is -1.25. The van der Waals surface area contributed by atoms with Gasteiger partial charge in [-0.3, -0.25) is 23.9 Å². The molecule has 15 heteroatoms. The number of nitrogens with zero attached hydrogens (tertiary/aromatic N) is 6. The minimum Gasteiger partial charge on any atom is -0.493 e. The Bertz CT molecular complexity index is 2070. The molecule has 1 saturated carbocycles. The number of hydrogen-bond acceptors (Lipinski definition) is 9. The quantitative estimate of drug-likeness (QED) is 0.212. The maximum Gasteiger partial charge on any atom is 0.248 e. The van der Waals surface area contributed by atoms with Gasteiger partial charge in [-0.2, -0.15) is 9.49 Å². The van der Waals surface area contributed by atoms with Crippen molar-refractivity contribution in [2.24, 2.45) is 5.41 Å². The van der Waals surface area contributed by atoms with E-state index >= 15 is 0 Å². The number of benzene rings is 1. The highest BCUT2D eigenvalue weighted by atomic mass is 79.9. The third-order valence-corrected chi connectivity index (χ3v) is 10.8. The van der Waals surface area contributed by atoms with Crippen molar-refractivity contribution in [2.45, 2.75) is 83.8 Å². The summed E-state index contributed by atoms with van der Waals surface area (Å²) in [6.07, 6.45) is 8.84. The molecule has 7 rings (SSSR count). The second-order valence-corrected chi connectivity index (χ2v) is 14.5. The molecule has 3 atom stereocenters. The first-order chi connectivity index (χ1) is 24.5. The number of carbonyl (C=O) groups excluding carboxylic acids is 4. The highest BCUT2D eigenvalue weighted by molar-refractivity contribution is 9.10. The second kappa shape index (κ2) is 13.7. The number of rotatable bonds is 5. The first-order valence-corrected chi connectivity index (χ1v) is 17.9. The lowest BCUT2D eigenvalue weighted by molar-refractivity contribution is -0.138. The molecule has 4 aromatic rings. The highest BCUT2D eigenvalue weighted by Crippen LogP contribution is 2.59. The van der Waals surface area contributed by atoms with Crippen molar-refractivity contribution in [1.29, 1.82) is 0 Å². The number of hydrogen-bond donors (Lipinski definition) is 2. The average molecular weight is 762 g/mol. The Kier molecular flexibility index (Phi) is 9.33. The van der Waals surface area contributed by atoms with Crippen LogP contribution in [0.2, 0.25) is 0 Å². The minimum absolute atomic E-state index is 0.0517. The van der Waals surface area contributed by atoms with E-state index in [-0.39, 0.29) is 52.0 Å². The predicted octanol–water partition coefficient (Wildman–Crippen LogP) is 4.93. The number of piperidine rings is 1. The average Bonchev–Trinajstić information content (AvgIpc) is 3.51. The number of aromatic nitrogens is 5. The minimum atomic E-state index is -0.898. The molecule has 0 radical (unpaired) electrons. The summed E-state index contributed by atoms with van der Waals surface area (Å²) in [7, 11) is 1.31. The molecule has 51 heavy (non-hydrogen) atoms. The van der Waals surface area contributed by atoms with E-state index in [1.807, 2.05) is 19.1 Å². The van der Waals surface area contributed by atoms with E-state index in [9.17, 15) is 23.6 Å². The molecule has 3 aliphatic rings. The van der Waals surface area contributed by atoms with Crippen LogP contribution >= 0.6 is 15.9 Å². The second-order valence-electron chi connectivity index (χ2n) is 13.7. The van der Waals surface area contributed by atoms with Crippen LogP contribution in [-0.4, -0.2) is 78.9 Å². The molecule has 2 aliphatic heterocycles. The third kappa shape index (κ3) is 6.70. The lowest BCUT2D eigenvalue weighted by Crippen LogP contribution is -2.46. The normalized spacial score (nSPS) is 22.3. The molecule has 5 heterocycles. The number of pyridine rings is 1. The number of aryl methyl sites for hydroxylation is 2. The Morgan fingerprint density at radius 3 is 2.53 bits per heavy atom. The Hall–Kier alpha value is -4.79. The number of amides is 3. The molecule has 0 spiro atoms. The highest BCUT2D eigenvalue weighted by Gasteiger charge is 2.67. The van der Waals surface area contributed by atoms with E-state index in [4.69, 9.17) is 9.84 Å².